The number of phosphoric acid groups is 2. The smallest absolute Gasteiger partial charge is 0.462 e. The average molecular weight is 1330 g/mol. The van der Waals surface area contributed by atoms with E-state index in [2.05, 4.69) is 48.5 Å². The van der Waals surface area contributed by atoms with E-state index in [0.29, 0.717) is 25.7 Å². The van der Waals surface area contributed by atoms with Gasteiger partial charge in [-0.3, -0.25) is 37.3 Å². The Kier molecular flexibility index (Phi) is 60.6. The summed E-state index contributed by atoms with van der Waals surface area (Å²) in [7, 11) is -9.90. The van der Waals surface area contributed by atoms with Gasteiger partial charge in [-0.2, -0.15) is 0 Å². The second-order valence-electron chi connectivity index (χ2n) is 26.8. The third kappa shape index (κ3) is 63.5. The van der Waals surface area contributed by atoms with Gasteiger partial charge >= 0.3 is 39.5 Å². The third-order valence-corrected chi connectivity index (χ3v) is 18.6. The minimum atomic E-state index is -4.95. The zero-order valence-electron chi connectivity index (χ0n) is 58.6. The zero-order chi connectivity index (χ0) is 66.6. The van der Waals surface area contributed by atoms with E-state index in [-0.39, 0.29) is 25.7 Å². The van der Waals surface area contributed by atoms with Crippen LogP contribution in [0.2, 0.25) is 0 Å². The van der Waals surface area contributed by atoms with Gasteiger partial charge in [0.2, 0.25) is 0 Å². The Morgan fingerprint density at radius 2 is 0.567 bits per heavy atom. The summed E-state index contributed by atoms with van der Waals surface area (Å²) in [5.41, 5.74) is 0. The van der Waals surface area contributed by atoms with Crippen LogP contribution in [-0.2, 0) is 65.4 Å². The first-order valence-corrected chi connectivity index (χ1v) is 39.9. The van der Waals surface area contributed by atoms with E-state index in [0.717, 1.165) is 114 Å². The predicted molar refractivity (Wildman–Crippen MR) is 363 cm³/mol. The maximum absolute atomic E-state index is 13.0. The number of ether oxygens (including phenoxy) is 4. The molecule has 6 atom stereocenters. The summed E-state index contributed by atoms with van der Waals surface area (Å²) in [4.78, 5) is 72.6. The summed E-state index contributed by atoms with van der Waals surface area (Å²) in [5.74, 6) is 0.118. The summed E-state index contributed by atoms with van der Waals surface area (Å²) < 4.78 is 68.3. The van der Waals surface area contributed by atoms with Crippen molar-refractivity contribution in [2.75, 3.05) is 39.6 Å². The monoisotopic (exact) mass is 1320 g/mol. The molecule has 19 heteroatoms. The first-order chi connectivity index (χ1) is 43.3. The van der Waals surface area contributed by atoms with Crippen molar-refractivity contribution >= 4 is 39.5 Å². The number of hydrogen-bond donors (Lipinski definition) is 3. The van der Waals surface area contributed by atoms with E-state index in [1.807, 2.05) is 0 Å². The molecule has 0 heterocycles. The minimum Gasteiger partial charge on any atom is -0.462 e. The number of aliphatic hydroxyl groups is 1. The van der Waals surface area contributed by atoms with E-state index in [1.165, 1.54) is 161 Å². The molecule has 3 N–H and O–H groups in total. The second-order valence-corrected chi connectivity index (χ2v) is 29.7. The van der Waals surface area contributed by atoms with Crippen LogP contribution in [0, 0.1) is 17.8 Å². The number of esters is 4. The SMILES string of the molecule is CCCCCCCCCCCCCCC(=O)OC[C@H](COP(=O)(O)OC[C@@H](O)COP(=O)(O)OC[C@@H](COC(=O)CCCCCCCCC(C)CC)OC(=O)CCCCCCCCCCC(C)C)OC(=O)CCCCCCCCCCCCCCCCC(C)C. The maximum Gasteiger partial charge on any atom is 0.472 e. The molecule has 0 amide bonds. The number of unbranched alkanes of at least 4 members (excludes halogenated alkanes) is 36. The highest BCUT2D eigenvalue weighted by Crippen LogP contribution is 2.45. The summed E-state index contributed by atoms with van der Waals surface area (Å²) in [5, 5.41) is 10.6. The normalized spacial score (nSPS) is 14.5. The van der Waals surface area contributed by atoms with Crippen molar-refractivity contribution in [1.29, 1.82) is 0 Å². The lowest BCUT2D eigenvalue weighted by Crippen LogP contribution is -2.30. The van der Waals surface area contributed by atoms with Gasteiger partial charge in [0.25, 0.3) is 0 Å². The largest absolute Gasteiger partial charge is 0.472 e. The van der Waals surface area contributed by atoms with Crippen LogP contribution in [0.1, 0.15) is 357 Å². The fourth-order valence-corrected chi connectivity index (χ4v) is 12.3. The van der Waals surface area contributed by atoms with Gasteiger partial charge in [0.05, 0.1) is 26.4 Å². The van der Waals surface area contributed by atoms with Crippen molar-refractivity contribution in [3.8, 4) is 0 Å². The standard InChI is InChI=1S/C71H138O17P2/c1-8-10-11-12-13-14-15-21-24-30-38-45-52-68(73)81-58-66(87-70(75)54-47-40-31-25-22-19-17-16-18-20-23-28-35-42-49-62(3)4)60-85-89(77,78)83-56-65(72)57-84-90(79,80)86-61-67(59-82-69(74)53-46-39-34-33-37-44-51-64(7)9-2)88-71(76)55-48-41-32-27-26-29-36-43-50-63(5)6/h62-67,72H,8-61H2,1-7H3,(H,77,78)(H,79,80)/t64?,65-,66-,67-/m1/s1. The Balaban J connectivity index is 5.24. The molecule has 0 aliphatic carbocycles. The van der Waals surface area contributed by atoms with E-state index < -0.39 is 97.5 Å². The fourth-order valence-electron chi connectivity index (χ4n) is 10.7. The number of rotatable bonds is 69. The van der Waals surface area contributed by atoms with Crippen LogP contribution in [0.5, 0.6) is 0 Å². The van der Waals surface area contributed by atoms with Crippen LogP contribution in [0.3, 0.4) is 0 Å². The second kappa shape index (κ2) is 61.9. The number of carbonyl (C=O) groups excluding carboxylic acids is 4. The van der Waals surface area contributed by atoms with Crippen molar-refractivity contribution in [3.05, 3.63) is 0 Å². The molecule has 0 aromatic heterocycles. The third-order valence-electron chi connectivity index (χ3n) is 16.7. The van der Waals surface area contributed by atoms with Gasteiger partial charge in [-0.25, -0.2) is 9.13 Å². The highest BCUT2D eigenvalue weighted by Gasteiger charge is 2.30. The van der Waals surface area contributed by atoms with E-state index in [1.54, 1.807) is 0 Å². The first-order valence-electron chi connectivity index (χ1n) is 36.9. The van der Waals surface area contributed by atoms with Gasteiger partial charge in [-0.15, -0.1) is 0 Å². The highest BCUT2D eigenvalue weighted by molar-refractivity contribution is 7.47. The predicted octanol–water partition coefficient (Wildman–Crippen LogP) is 20.2. The Bertz CT molecular complexity index is 1770. The van der Waals surface area contributed by atoms with E-state index in [9.17, 15) is 43.2 Å². The van der Waals surface area contributed by atoms with Gasteiger partial charge in [0, 0.05) is 25.7 Å². The quantitative estimate of drug-likeness (QED) is 0.0222. The minimum absolute atomic E-state index is 0.103. The topological polar surface area (TPSA) is 237 Å². The Labute approximate surface area is 549 Å². The lowest BCUT2D eigenvalue weighted by molar-refractivity contribution is -0.161. The number of phosphoric ester groups is 2. The van der Waals surface area contributed by atoms with E-state index in [4.69, 9.17) is 37.0 Å². The van der Waals surface area contributed by atoms with Crippen LogP contribution in [0.25, 0.3) is 0 Å². The van der Waals surface area contributed by atoms with E-state index >= 15 is 0 Å². The molecular weight excluding hydrogens is 1190 g/mol. The van der Waals surface area contributed by atoms with Gasteiger partial charge in [-0.1, -0.05) is 305 Å². The lowest BCUT2D eigenvalue weighted by atomic mass is 10.00. The summed E-state index contributed by atoms with van der Waals surface area (Å²) >= 11 is 0. The fraction of sp³-hybridized carbons (Fsp3) is 0.944. The highest BCUT2D eigenvalue weighted by atomic mass is 31.2. The lowest BCUT2D eigenvalue weighted by Gasteiger charge is -2.21. The summed E-state index contributed by atoms with van der Waals surface area (Å²) in [6.07, 6.45) is 45.8. The molecule has 0 saturated carbocycles. The molecule has 90 heavy (non-hydrogen) atoms. The average Bonchev–Trinajstić information content (AvgIpc) is 3.64. The van der Waals surface area contributed by atoms with Crippen molar-refractivity contribution in [2.24, 2.45) is 17.8 Å². The molecule has 534 valence electrons. The Hall–Kier alpha value is -1.94. The molecule has 0 saturated heterocycles. The van der Waals surface area contributed by atoms with Crippen molar-refractivity contribution in [2.45, 2.75) is 375 Å². The van der Waals surface area contributed by atoms with Crippen LogP contribution in [0.15, 0.2) is 0 Å². The number of aliphatic hydroxyl groups excluding tert-OH is 1. The van der Waals surface area contributed by atoms with Gasteiger partial charge in [0.1, 0.15) is 19.3 Å². The number of hydrogen-bond acceptors (Lipinski definition) is 15. The molecule has 0 aromatic carbocycles. The summed E-state index contributed by atoms with van der Waals surface area (Å²) in [6, 6.07) is 0. The molecule has 0 spiro atoms. The molecule has 0 bridgehead atoms. The first kappa shape index (κ1) is 88.1. The van der Waals surface area contributed by atoms with Crippen LogP contribution in [0.4, 0.5) is 0 Å². The molecule has 0 fully saturated rings. The van der Waals surface area contributed by atoms with Gasteiger partial charge < -0.3 is 33.8 Å². The molecule has 3 unspecified atom stereocenters. The molecule has 0 rings (SSSR count). The molecule has 0 aliphatic heterocycles. The van der Waals surface area contributed by atoms with Crippen LogP contribution >= 0.6 is 15.6 Å². The molecule has 17 nitrogen and oxygen atoms in total. The van der Waals surface area contributed by atoms with Crippen LogP contribution < -0.4 is 0 Å². The Morgan fingerprint density at radius 3 is 0.844 bits per heavy atom. The number of carbonyl (C=O) groups is 4. The molecule has 0 aliphatic rings. The maximum atomic E-state index is 13.0. The molecular formula is C71H138O17P2. The zero-order valence-corrected chi connectivity index (χ0v) is 60.4. The van der Waals surface area contributed by atoms with Crippen molar-refractivity contribution < 1.29 is 80.2 Å². The summed E-state index contributed by atoms with van der Waals surface area (Å²) in [6.45, 7) is 11.8. The molecule has 0 aromatic rings. The Morgan fingerprint density at radius 1 is 0.322 bits per heavy atom. The molecule has 0 radical (unpaired) electrons. The van der Waals surface area contributed by atoms with Gasteiger partial charge in [0.15, 0.2) is 12.2 Å². The van der Waals surface area contributed by atoms with Crippen LogP contribution in [-0.4, -0.2) is 96.7 Å². The van der Waals surface area contributed by atoms with Crippen molar-refractivity contribution in [3.63, 3.8) is 0 Å². The van der Waals surface area contributed by atoms with Crippen molar-refractivity contribution in [1.82, 2.24) is 0 Å². The van der Waals surface area contributed by atoms with Gasteiger partial charge in [-0.05, 0) is 43.4 Å².